The van der Waals surface area contributed by atoms with Crippen LogP contribution in [0.1, 0.15) is 30.3 Å². The summed E-state index contributed by atoms with van der Waals surface area (Å²) in [4.78, 5) is 8.70. The molecule has 0 saturated heterocycles. The molecule has 1 aromatic carbocycles. The van der Waals surface area contributed by atoms with Crippen LogP contribution < -0.4 is 5.32 Å². The van der Waals surface area contributed by atoms with Crippen molar-refractivity contribution in [1.82, 2.24) is 9.97 Å². The van der Waals surface area contributed by atoms with E-state index in [1.54, 1.807) is 6.07 Å². The van der Waals surface area contributed by atoms with Crippen LogP contribution in [0.25, 0.3) is 0 Å². The van der Waals surface area contributed by atoms with E-state index in [0.717, 1.165) is 30.2 Å². The molecular weight excluding hydrogens is 258 g/mol. The molecule has 0 fully saturated rings. The van der Waals surface area contributed by atoms with Crippen LogP contribution in [0.15, 0.2) is 24.3 Å². The Bertz CT molecular complexity index is 582. The third-order valence-corrected chi connectivity index (χ3v) is 3.28. The van der Waals surface area contributed by atoms with Crippen LogP contribution >= 0.6 is 11.6 Å². The summed E-state index contributed by atoms with van der Waals surface area (Å²) in [5.74, 6) is 1.53. The van der Waals surface area contributed by atoms with Crippen LogP contribution in [-0.2, 0) is 6.42 Å². The molecule has 0 aliphatic rings. The maximum Gasteiger partial charge on any atom is 0.135 e. The van der Waals surface area contributed by atoms with E-state index < -0.39 is 0 Å². The maximum absolute atomic E-state index is 6.03. The smallest absolute Gasteiger partial charge is 0.135 e. The molecule has 2 aromatic rings. The quantitative estimate of drug-likeness (QED) is 0.838. The Hall–Kier alpha value is -1.61. The maximum atomic E-state index is 6.03. The van der Waals surface area contributed by atoms with Crippen LogP contribution in [-0.4, -0.2) is 9.97 Å². The highest BCUT2D eigenvalue weighted by atomic mass is 35.5. The summed E-state index contributed by atoms with van der Waals surface area (Å²) in [5, 5.41) is 3.80. The minimum Gasteiger partial charge on any atom is -0.340 e. The van der Waals surface area contributed by atoms with E-state index in [2.05, 4.69) is 42.1 Å². The highest BCUT2D eigenvalue weighted by molar-refractivity contribution is 6.29. The molecule has 0 atom stereocenters. The second-order valence-corrected chi connectivity index (χ2v) is 5.00. The molecule has 0 aliphatic heterocycles. The second-order valence-electron chi connectivity index (χ2n) is 4.61. The van der Waals surface area contributed by atoms with Gasteiger partial charge in [0.2, 0.25) is 0 Å². The molecule has 0 aliphatic carbocycles. The Labute approximate surface area is 119 Å². The predicted molar refractivity (Wildman–Crippen MR) is 80.2 cm³/mol. The van der Waals surface area contributed by atoms with Gasteiger partial charge in [0, 0.05) is 18.2 Å². The molecule has 0 saturated carbocycles. The van der Waals surface area contributed by atoms with Gasteiger partial charge in [-0.15, -0.1) is 0 Å². The van der Waals surface area contributed by atoms with E-state index >= 15 is 0 Å². The van der Waals surface area contributed by atoms with Gasteiger partial charge >= 0.3 is 0 Å². The van der Waals surface area contributed by atoms with Gasteiger partial charge in [0.05, 0.1) is 0 Å². The summed E-state index contributed by atoms with van der Waals surface area (Å²) in [7, 11) is 0. The average Bonchev–Trinajstić information content (AvgIpc) is 2.35. The number of rotatable bonds is 4. The molecule has 19 heavy (non-hydrogen) atoms. The zero-order chi connectivity index (χ0) is 13.8. The SMILES string of the molecule is CCCc1nc(Cl)cc(Nc2cccc(C)c2C)n1. The van der Waals surface area contributed by atoms with Gasteiger partial charge in [-0.05, 0) is 37.5 Å². The van der Waals surface area contributed by atoms with Crippen molar-refractivity contribution in [3.05, 3.63) is 46.4 Å². The molecule has 0 spiro atoms. The monoisotopic (exact) mass is 275 g/mol. The molecule has 2 rings (SSSR count). The predicted octanol–water partition coefficient (Wildman–Crippen LogP) is 4.44. The summed E-state index contributed by atoms with van der Waals surface area (Å²) in [6.45, 7) is 6.28. The third kappa shape index (κ3) is 3.44. The van der Waals surface area contributed by atoms with Gasteiger partial charge in [-0.2, -0.15) is 0 Å². The zero-order valence-electron chi connectivity index (χ0n) is 11.5. The van der Waals surface area contributed by atoms with Crippen molar-refractivity contribution in [2.45, 2.75) is 33.6 Å². The summed E-state index contributed by atoms with van der Waals surface area (Å²) >= 11 is 6.03. The molecule has 100 valence electrons. The van der Waals surface area contributed by atoms with Crippen molar-refractivity contribution in [2.24, 2.45) is 0 Å². The van der Waals surface area contributed by atoms with Gasteiger partial charge in [-0.3, -0.25) is 0 Å². The minimum absolute atomic E-state index is 0.478. The van der Waals surface area contributed by atoms with Gasteiger partial charge in [0.25, 0.3) is 0 Å². The van der Waals surface area contributed by atoms with Crippen LogP contribution in [0.4, 0.5) is 11.5 Å². The van der Waals surface area contributed by atoms with Crippen LogP contribution in [0.5, 0.6) is 0 Å². The number of benzene rings is 1. The number of anilines is 2. The lowest BCUT2D eigenvalue weighted by molar-refractivity contribution is 0.837. The lowest BCUT2D eigenvalue weighted by Crippen LogP contribution is -2.01. The van der Waals surface area contributed by atoms with Gasteiger partial charge in [-0.1, -0.05) is 30.7 Å². The molecular formula is C15H18ClN3. The minimum atomic E-state index is 0.478. The number of hydrogen-bond acceptors (Lipinski definition) is 3. The van der Waals surface area contributed by atoms with Gasteiger partial charge in [0.15, 0.2) is 0 Å². The van der Waals surface area contributed by atoms with E-state index in [-0.39, 0.29) is 0 Å². The number of nitrogens with zero attached hydrogens (tertiary/aromatic N) is 2. The first-order valence-electron chi connectivity index (χ1n) is 6.47. The normalized spacial score (nSPS) is 10.5. The Morgan fingerprint density at radius 1 is 1.21 bits per heavy atom. The molecule has 1 N–H and O–H groups in total. The van der Waals surface area contributed by atoms with Crippen molar-refractivity contribution < 1.29 is 0 Å². The highest BCUT2D eigenvalue weighted by Gasteiger charge is 2.05. The Balaban J connectivity index is 2.30. The summed E-state index contributed by atoms with van der Waals surface area (Å²) < 4.78 is 0. The number of halogens is 1. The highest BCUT2D eigenvalue weighted by Crippen LogP contribution is 2.23. The number of aromatic nitrogens is 2. The molecule has 0 unspecified atom stereocenters. The van der Waals surface area contributed by atoms with Crippen molar-refractivity contribution >= 4 is 23.1 Å². The third-order valence-electron chi connectivity index (χ3n) is 3.08. The fourth-order valence-corrected chi connectivity index (χ4v) is 2.09. The van der Waals surface area contributed by atoms with Crippen molar-refractivity contribution in [1.29, 1.82) is 0 Å². The lowest BCUT2D eigenvalue weighted by atomic mass is 10.1. The Morgan fingerprint density at radius 3 is 2.74 bits per heavy atom. The van der Waals surface area contributed by atoms with Crippen molar-refractivity contribution in [2.75, 3.05) is 5.32 Å². The number of hydrogen-bond donors (Lipinski definition) is 1. The van der Waals surface area contributed by atoms with Crippen LogP contribution in [0.3, 0.4) is 0 Å². The topological polar surface area (TPSA) is 37.8 Å². The number of nitrogens with one attached hydrogen (secondary N) is 1. The Kier molecular flexibility index (Phi) is 4.38. The first-order valence-corrected chi connectivity index (χ1v) is 6.84. The molecule has 1 aromatic heterocycles. The van der Waals surface area contributed by atoms with Gasteiger partial charge in [-0.25, -0.2) is 9.97 Å². The fraction of sp³-hybridized carbons (Fsp3) is 0.333. The second kappa shape index (κ2) is 6.02. The standard InChI is InChI=1S/C15H18ClN3/c1-4-6-14-18-13(16)9-15(19-14)17-12-8-5-7-10(2)11(12)3/h5,7-9H,4,6H2,1-3H3,(H,17,18,19). The first kappa shape index (κ1) is 13.8. The average molecular weight is 276 g/mol. The molecule has 3 nitrogen and oxygen atoms in total. The van der Waals surface area contributed by atoms with E-state index in [4.69, 9.17) is 11.6 Å². The molecule has 0 bridgehead atoms. The first-order chi connectivity index (χ1) is 9.10. The summed E-state index contributed by atoms with van der Waals surface area (Å²) in [6, 6.07) is 7.91. The largest absolute Gasteiger partial charge is 0.340 e. The number of aryl methyl sites for hydroxylation is 2. The van der Waals surface area contributed by atoms with Crippen molar-refractivity contribution in [3.8, 4) is 0 Å². The lowest BCUT2D eigenvalue weighted by Gasteiger charge is -2.11. The molecule has 0 radical (unpaired) electrons. The van der Waals surface area contributed by atoms with Gasteiger partial charge < -0.3 is 5.32 Å². The molecule has 1 heterocycles. The molecule has 0 amide bonds. The van der Waals surface area contributed by atoms with E-state index in [9.17, 15) is 0 Å². The van der Waals surface area contributed by atoms with E-state index in [0.29, 0.717) is 5.15 Å². The summed E-state index contributed by atoms with van der Waals surface area (Å²) in [5.41, 5.74) is 3.52. The fourth-order valence-electron chi connectivity index (χ4n) is 1.89. The molecule has 4 heteroatoms. The van der Waals surface area contributed by atoms with Crippen LogP contribution in [0, 0.1) is 13.8 Å². The van der Waals surface area contributed by atoms with E-state index in [1.807, 2.05) is 12.1 Å². The van der Waals surface area contributed by atoms with Crippen LogP contribution in [0.2, 0.25) is 5.15 Å². The van der Waals surface area contributed by atoms with E-state index in [1.165, 1.54) is 11.1 Å². The summed E-state index contributed by atoms with van der Waals surface area (Å²) in [6.07, 6.45) is 1.84. The van der Waals surface area contributed by atoms with Gasteiger partial charge in [0.1, 0.15) is 16.8 Å². The zero-order valence-corrected chi connectivity index (χ0v) is 12.3. The van der Waals surface area contributed by atoms with Crippen molar-refractivity contribution in [3.63, 3.8) is 0 Å². The Morgan fingerprint density at radius 2 is 2.00 bits per heavy atom.